The monoisotopic (exact) mass is 507 g/mol. The van der Waals surface area contributed by atoms with Crippen LogP contribution in [0, 0.1) is 12.3 Å². The molecule has 0 saturated carbocycles. The minimum absolute atomic E-state index is 0.0340. The summed E-state index contributed by atoms with van der Waals surface area (Å²) in [5.74, 6) is 1.59. The smallest absolute Gasteiger partial charge is 0.172 e. The number of fused-ring (bicyclic) bond motifs is 1. The van der Waals surface area contributed by atoms with Crippen LogP contribution >= 0.6 is 35.0 Å². The van der Waals surface area contributed by atoms with Crippen LogP contribution in [-0.4, -0.2) is 51.5 Å². The number of nitrogens with zero attached hydrogens (tertiary/aromatic N) is 4. The van der Waals surface area contributed by atoms with Crippen LogP contribution in [0.4, 0.5) is 5.82 Å². The lowest BCUT2D eigenvalue weighted by Gasteiger charge is -2.42. The molecular weight excluding hydrogens is 481 g/mol. The zero-order chi connectivity index (χ0) is 23.3. The lowest BCUT2D eigenvalue weighted by molar-refractivity contribution is 0.0974. The summed E-state index contributed by atoms with van der Waals surface area (Å²) in [4.78, 5) is 8.63. The summed E-state index contributed by atoms with van der Waals surface area (Å²) in [5.41, 5.74) is 8.01. The molecule has 2 aromatic heterocycles. The summed E-state index contributed by atoms with van der Waals surface area (Å²) in [6, 6.07) is 7.59. The van der Waals surface area contributed by atoms with Crippen molar-refractivity contribution in [3.05, 3.63) is 45.7 Å². The summed E-state index contributed by atoms with van der Waals surface area (Å²) in [5, 5.41) is 15.9. The number of rotatable bonds is 4. The maximum Gasteiger partial charge on any atom is 0.172 e. The number of aliphatic hydroxyl groups excluding tert-OH is 1. The van der Waals surface area contributed by atoms with E-state index >= 15 is 0 Å². The lowest BCUT2D eigenvalue weighted by Crippen LogP contribution is -2.51. The van der Waals surface area contributed by atoms with Crippen LogP contribution < -0.4 is 10.6 Å². The van der Waals surface area contributed by atoms with Gasteiger partial charge in [0.1, 0.15) is 11.6 Å². The molecule has 2 saturated heterocycles. The lowest BCUT2D eigenvalue weighted by atomic mass is 9.73. The maximum absolute atomic E-state index is 10.3. The fourth-order valence-corrected chi connectivity index (χ4v) is 6.44. The van der Waals surface area contributed by atoms with E-state index in [1.54, 1.807) is 6.07 Å². The van der Waals surface area contributed by atoms with Gasteiger partial charge in [0.25, 0.3) is 0 Å². The molecule has 7 nitrogen and oxygen atoms in total. The van der Waals surface area contributed by atoms with Crippen molar-refractivity contribution in [2.75, 3.05) is 24.6 Å². The first-order valence-corrected chi connectivity index (χ1v) is 12.6. The fourth-order valence-electron chi connectivity index (χ4n) is 4.93. The molecule has 0 bridgehead atoms. The van der Waals surface area contributed by atoms with Gasteiger partial charge in [-0.2, -0.15) is 4.52 Å². The molecule has 2 fully saturated rings. The molecule has 3 aromatic rings. The minimum Gasteiger partial charge on any atom is -0.392 e. The number of hydrogen-bond acceptors (Lipinski definition) is 7. The van der Waals surface area contributed by atoms with Gasteiger partial charge in [0.05, 0.1) is 34.3 Å². The third-order valence-corrected chi connectivity index (χ3v) is 9.10. The van der Waals surface area contributed by atoms with E-state index < -0.39 is 0 Å². The number of ether oxygens (including phenoxy) is 1. The van der Waals surface area contributed by atoms with E-state index in [1.165, 1.54) is 11.8 Å². The molecule has 2 aliphatic heterocycles. The largest absolute Gasteiger partial charge is 0.392 e. The van der Waals surface area contributed by atoms with Gasteiger partial charge in [-0.25, -0.2) is 4.98 Å². The topological polar surface area (TPSA) is 88.9 Å². The Labute approximate surface area is 207 Å². The summed E-state index contributed by atoms with van der Waals surface area (Å²) in [6.45, 7) is 6.22. The van der Waals surface area contributed by atoms with Crippen LogP contribution in [0.1, 0.15) is 31.2 Å². The first-order chi connectivity index (χ1) is 15.8. The zero-order valence-electron chi connectivity index (χ0n) is 18.6. The van der Waals surface area contributed by atoms with Crippen LogP contribution in [0.25, 0.3) is 5.65 Å². The second-order valence-electron chi connectivity index (χ2n) is 8.95. The van der Waals surface area contributed by atoms with E-state index in [0.717, 1.165) is 53.7 Å². The molecule has 1 aromatic carbocycles. The molecule has 5 rings (SSSR count). The Morgan fingerprint density at radius 3 is 2.73 bits per heavy atom. The Balaban J connectivity index is 1.51. The predicted molar refractivity (Wildman–Crippen MR) is 132 cm³/mol. The number of aryl methyl sites for hydroxylation is 1. The molecular formula is C23H27Cl2N5O2S. The fraction of sp³-hybridized carbons (Fsp3) is 0.478. The summed E-state index contributed by atoms with van der Waals surface area (Å²) in [7, 11) is 0. The van der Waals surface area contributed by atoms with Crippen molar-refractivity contribution in [2.45, 2.75) is 55.2 Å². The molecule has 4 heterocycles. The quantitative estimate of drug-likeness (QED) is 0.543. The van der Waals surface area contributed by atoms with Crippen LogP contribution in [-0.2, 0) is 11.3 Å². The molecule has 33 heavy (non-hydrogen) atoms. The molecule has 1 unspecified atom stereocenters. The number of anilines is 1. The molecule has 176 valence electrons. The normalized spacial score (nSPS) is 22.5. The van der Waals surface area contributed by atoms with Crippen LogP contribution in [0.15, 0.2) is 34.1 Å². The van der Waals surface area contributed by atoms with Crippen molar-refractivity contribution in [1.82, 2.24) is 14.6 Å². The summed E-state index contributed by atoms with van der Waals surface area (Å²) in [6.07, 6.45) is 2.00. The number of aromatic nitrogens is 3. The average molecular weight is 508 g/mol. The molecule has 3 N–H and O–H groups in total. The number of piperidine rings is 1. The van der Waals surface area contributed by atoms with Crippen molar-refractivity contribution in [3.8, 4) is 0 Å². The number of pyridine rings is 1. The third-order valence-electron chi connectivity index (χ3n) is 6.96. The van der Waals surface area contributed by atoms with Crippen molar-refractivity contribution in [2.24, 2.45) is 11.1 Å². The number of benzene rings is 1. The van der Waals surface area contributed by atoms with Gasteiger partial charge >= 0.3 is 0 Å². The standard InChI is InChI=1S/C23H27Cl2N5O2S/c1-13-21(26)23(12-32-13)6-8-29(9-7-23)18-10-15(11-31)20(22-27-14(2)28-30(18)22)33-17-5-3-4-16(24)19(17)25/h3-5,10,13,21,31H,6-9,11-12,26H2,1-2H3/t13-,21?/m0/s1. The highest BCUT2D eigenvalue weighted by Gasteiger charge is 2.47. The van der Waals surface area contributed by atoms with E-state index in [0.29, 0.717) is 21.5 Å². The molecule has 2 atom stereocenters. The van der Waals surface area contributed by atoms with Gasteiger partial charge < -0.3 is 20.5 Å². The Hall–Kier alpha value is -1.55. The first-order valence-electron chi connectivity index (χ1n) is 11.1. The van der Waals surface area contributed by atoms with Gasteiger partial charge in [0.2, 0.25) is 0 Å². The van der Waals surface area contributed by atoms with Gasteiger partial charge in [0.15, 0.2) is 5.65 Å². The van der Waals surface area contributed by atoms with Gasteiger partial charge in [-0.3, -0.25) is 0 Å². The Morgan fingerprint density at radius 1 is 1.30 bits per heavy atom. The maximum atomic E-state index is 10.3. The molecule has 2 aliphatic rings. The first kappa shape index (κ1) is 23.2. The Kier molecular flexibility index (Phi) is 6.26. The molecule has 0 aliphatic carbocycles. The number of hydrogen-bond donors (Lipinski definition) is 2. The van der Waals surface area contributed by atoms with Gasteiger partial charge in [-0.15, -0.1) is 5.10 Å². The molecule has 1 spiro atoms. The van der Waals surface area contributed by atoms with E-state index in [1.807, 2.05) is 29.6 Å². The molecule has 10 heteroatoms. The van der Waals surface area contributed by atoms with Crippen LogP contribution in [0.5, 0.6) is 0 Å². The highest BCUT2D eigenvalue weighted by molar-refractivity contribution is 7.99. The van der Waals surface area contributed by atoms with Crippen molar-refractivity contribution >= 4 is 46.4 Å². The number of halogens is 2. The number of aliphatic hydroxyl groups is 1. The van der Waals surface area contributed by atoms with E-state index in [9.17, 15) is 5.11 Å². The van der Waals surface area contributed by atoms with Crippen LogP contribution in [0.3, 0.4) is 0 Å². The molecule has 0 radical (unpaired) electrons. The average Bonchev–Trinajstić information content (AvgIpc) is 3.33. The highest BCUT2D eigenvalue weighted by Crippen LogP contribution is 2.44. The van der Waals surface area contributed by atoms with Crippen molar-refractivity contribution in [1.29, 1.82) is 0 Å². The SMILES string of the molecule is Cc1nc2c(Sc3cccc(Cl)c3Cl)c(CO)cc(N3CCC4(CC3)CO[C@@H](C)C4N)n2n1. The second kappa shape index (κ2) is 8.91. The van der Waals surface area contributed by atoms with Gasteiger partial charge in [0, 0.05) is 29.4 Å². The minimum atomic E-state index is -0.121. The van der Waals surface area contributed by atoms with E-state index in [2.05, 4.69) is 16.9 Å². The summed E-state index contributed by atoms with van der Waals surface area (Å²) >= 11 is 14.1. The van der Waals surface area contributed by atoms with E-state index in [4.69, 9.17) is 38.7 Å². The highest BCUT2D eigenvalue weighted by atomic mass is 35.5. The zero-order valence-corrected chi connectivity index (χ0v) is 20.9. The van der Waals surface area contributed by atoms with Gasteiger partial charge in [-0.1, -0.05) is 41.0 Å². The van der Waals surface area contributed by atoms with Gasteiger partial charge in [-0.05, 0) is 50.5 Å². The predicted octanol–water partition coefficient (Wildman–Crippen LogP) is 4.32. The van der Waals surface area contributed by atoms with E-state index in [-0.39, 0.29) is 24.2 Å². The number of nitrogens with two attached hydrogens (primary N) is 1. The summed E-state index contributed by atoms with van der Waals surface area (Å²) < 4.78 is 7.75. The third kappa shape index (κ3) is 4.00. The van der Waals surface area contributed by atoms with Crippen molar-refractivity contribution < 1.29 is 9.84 Å². The van der Waals surface area contributed by atoms with Crippen molar-refractivity contribution in [3.63, 3.8) is 0 Å². The second-order valence-corrected chi connectivity index (χ2v) is 10.8. The Bertz CT molecular complexity index is 1200. The molecule has 0 amide bonds. The Morgan fingerprint density at radius 2 is 2.06 bits per heavy atom. The van der Waals surface area contributed by atoms with Crippen LogP contribution in [0.2, 0.25) is 10.0 Å².